The van der Waals surface area contributed by atoms with Crippen molar-refractivity contribution in [1.82, 2.24) is 9.78 Å². The third-order valence-electron chi connectivity index (χ3n) is 5.06. The van der Waals surface area contributed by atoms with E-state index >= 15 is 0 Å². The van der Waals surface area contributed by atoms with Crippen molar-refractivity contribution in [3.63, 3.8) is 0 Å². The minimum absolute atomic E-state index is 0.0302. The summed E-state index contributed by atoms with van der Waals surface area (Å²) in [5.41, 5.74) is 5.07. The van der Waals surface area contributed by atoms with Crippen LogP contribution < -0.4 is 0 Å². The van der Waals surface area contributed by atoms with Gasteiger partial charge in [-0.05, 0) is 61.6 Å². The number of carbonyl (C=O) groups is 1. The van der Waals surface area contributed by atoms with Crippen LogP contribution in [-0.4, -0.2) is 21.5 Å². The highest BCUT2D eigenvalue weighted by atomic mass is 35.5. The van der Waals surface area contributed by atoms with Gasteiger partial charge in [-0.1, -0.05) is 48.8 Å². The molecule has 6 heteroatoms. The maximum Gasteiger partial charge on any atom is 0.365 e. The molecule has 0 aliphatic heterocycles. The third kappa shape index (κ3) is 3.96. The van der Waals surface area contributed by atoms with Gasteiger partial charge in [-0.25, -0.2) is 9.48 Å². The molecular formula is C23H22ClN3O2. The number of halogens is 1. The summed E-state index contributed by atoms with van der Waals surface area (Å²) in [7, 11) is 0. The Morgan fingerprint density at radius 2 is 1.79 bits per heavy atom. The number of aryl methyl sites for hydroxylation is 1. The fourth-order valence-electron chi connectivity index (χ4n) is 3.77. The van der Waals surface area contributed by atoms with Gasteiger partial charge in [0.2, 0.25) is 0 Å². The fourth-order valence-corrected chi connectivity index (χ4v) is 3.89. The highest BCUT2D eigenvalue weighted by Gasteiger charge is 2.35. The summed E-state index contributed by atoms with van der Waals surface area (Å²) in [5, 5.41) is 9.59. The molecule has 1 heterocycles. The molecule has 0 amide bonds. The van der Waals surface area contributed by atoms with Gasteiger partial charge in [0.1, 0.15) is 0 Å². The molecule has 3 aromatic rings. The van der Waals surface area contributed by atoms with Crippen LogP contribution in [0.2, 0.25) is 5.02 Å². The van der Waals surface area contributed by atoms with E-state index in [1.165, 1.54) is 0 Å². The average Bonchev–Trinajstić information content (AvgIpc) is 3.02. The number of hydrogen-bond donors (Lipinski definition) is 0. The molecule has 5 nitrogen and oxygen atoms in total. The minimum atomic E-state index is -0.507. The topological polar surface area (TPSA) is 56.5 Å². The summed E-state index contributed by atoms with van der Waals surface area (Å²) >= 11 is 5.88. The molecule has 0 atom stereocenters. The number of benzene rings is 2. The van der Waals surface area contributed by atoms with Gasteiger partial charge < -0.3 is 4.84 Å². The largest absolute Gasteiger partial charge is 0.365 e. The number of aromatic nitrogens is 2. The van der Waals surface area contributed by atoms with Crippen LogP contribution in [0.1, 0.15) is 47.6 Å². The van der Waals surface area contributed by atoms with Crippen molar-refractivity contribution in [3.05, 3.63) is 82.1 Å². The van der Waals surface area contributed by atoms with E-state index < -0.39 is 5.97 Å². The van der Waals surface area contributed by atoms with Gasteiger partial charge in [0.15, 0.2) is 0 Å². The molecule has 2 aromatic carbocycles. The summed E-state index contributed by atoms with van der Waals surface area (Å²) < 4.78 is 1.97. The molecule has 4 rings (SSSR count). The van der Waals surface area contributed by atoms with Gasteiger partial charge >= 0.3 is 5.97 Å². The first-order valence-corrected chi connectivity index (χ1v) is 9.90. The van der Waals surface area contributed by atoms with E-state index in [1.54, 1.807) is 24.3 Å². The first-order valence-electron chi connectivity index (χ1n) is 9.52. The second-order valence-electron chi connectivity index (χ2n) is 8.10. The van der Waals surface area contributed by atoms with Crippen molar-refractivity contribution >= 4 is 23.3 Å². The Bertz CT molecular complexity index is 1080. The molecule has 0 radical (unpaired) electrons. The molecular weight excluding hydrogens is 386 g/mol. The van der Waals surface area contributed by atoms with E-state index in [0.29, 0.717) is 17.0 Å². The highest BCUT2D eigenvalue weighted by molar-refractivity contribution is 6.30. The Morgan fingerprint density at radius 3 is 2.48 bits per heavy atom. The average molecular weight is 408 g/mol. The zero-order valence-electron chi connectivity index (χ0n) is 16.6. The van der Waals surface area contributed by atoms with Crippen LogP contribution in [0, 0.1) is 12.3 Å². The van der Waals surface area contributed by atoms with Crippen molar-refractivity contribution in [2.45, 2.75) is 33.6 Å². The molecule has 29 heavy (non-hydrogen) atoms. The molecule has 1 aromatic heterocycles. The van der Waals surface area contributed by atoms with E-state index in [-0.39, 0.29) is 5.41 Å². The van der Waals surface area contributed by atoms with E-state index in [2.05, 4.69) is 19.0 Å². The van der Waals surface area contributed by atoms with Crippen LogP contribution in [0.15, 0.2) is 59.8 Å². The van der Waals surface area contributed by atoms with Crippen molar-refractivity contribution in [2.24, 2.45) is 10.6 Å². The number of hydrogen-bond acceptors (Lipinski definition) is 4. The zero-order valence-corrected chi connectivity index (χ0v) is 17.4. The number of oxime groups is 1. The van der Waals surface area contributed by atoms with Gasteiger partial charge in [-0.15, -0.1) is 0 Å². The Labute approximate surface area is 174 Å². The molecule has 1 aliphatic carbocycles. The van der Waals surface area contributed by atoms with E-state index in [4.69, 9.17) is 21.5 Å². The number of carbonyl (C=O) groups excluding carboxylic acids is 1. The summed E-state index contributed by atoms with van der Waals surface area (Å²) in [6.45, 7) is 6.33. The second-order valence-corrected chi connectivity index (χ2v) is 8.53. The highest BCUT2D eigenvalue weighted by Crippen LogP contribution is 2.37. The van der Waals surface area contributed by atoms with Gasteiger partial charge in [0.05, 0.1) is 28.4 Å². The molecule has 0 fully saturated rings. The molecule has 0 saturated carbocycles. The van der Waals surface area contributed by atoms with Gasteiger partial charge in [-0.3, -0.25) is 0 Å². The molecule has 0 unspecified atom stereocenters. The number of fused-ring (bicyclic) bond motifs is 1. The standard InChI is InChI=1S/C23H22ClN3O2/c1-15-21-19(26-29-22(28)16-9-11-17(24)12-10-16)13-23(2,3)14-20(21)27(25-15)18-7-5-4-6-8-18/h4-12H,13-14H2,1-3H3/b26-19+. The molecule has 0 spiro atoms. The van der Waals surface area contributed by atoms with E-state index in [9.17, 15) is 4.79 Å². The predicted octanol–water partition coefficient (Wildman–Crippen LogP) is 5.37. The first-order chi connectivity index (χ1) is 13.8. The Hall–Kier alpha value is -2.92. The fraction of sp³-hybridized carbons (Fsp3) is 0.261. The predicted molar refractivity (Wildman–Crippen MR) is 114 cm³/mol. The van der Waals surface area contributed by atoms with Crippen molar-refractivity contribution in [3.8, 4) is 5.69 Å². The van der Waals surface area contributed by atoms with Crippen LogP contribution >= 0.6 is 11.6 Å². The Balaban J connectivity index is 1.71. The Morgan fingerprint density at radius 1 is 1.10 bits per heavy atom. The second kappa shape index (κ2) is 7.48. The van der Waals surface area contributed by atoms with Gasteiger partial charge in [0.25, 0.3) is 0 Å². The minimum Gasteiger partial charge on any atom is -0.313 e. The molecule has 1 aliphatic rings. The number of para-hydroxylation sites is 1. The lowest BCUT2D eigenvalue weighted by molar-refractivity contribution is 0.0514. The quantitative estimate of drug-likeness (QED) is 0.433. The normalized spacial score (nSPS) is 16.5. The molecule has 0 bridgehead atoms. The third-order valence-corrected chi connectivity index (χ3v) is 5.31. The summed E-state index contributed by atoms with van der Waals surface area (Å²) in [5.74, 6) is -0.507. The van der Waals surface area contributed by atoms with Crippen LogP contribution in [0.25, 0.3) is 5.69 Å². The summed E-state index contributed by atoms with van der Waals surface area (Å²) in [6.07, 6.45) is 1.57. The first kappa shape index (κ1) is 19.4. The molecule has 0 saturated heterocycles. The SMILES string of the molecule is Cc1nn(-c2ccccc2)c2c1/C(=N/OC(=O)c1ccc(Cl)cc1)CC(C)(C)C2. The smallest absolute Gasteiger partial charge is 0.313 e. The summed E-state index contributed by atoms with van der Waals surface area (Å²) in [4.78, 5) is 17.7. The van der Waals surface area contributed by atoms with Crippen LogP contribution in [-0.2, 0) is 11.3 Å². The van der Waals surface area contributed by atoms with Crippen LogP contribution in [0.5, 0.6) is 0 Å². The maximum absolute atomic E-state index is 12.4. The monoisotopic (exact) mass is 407 g/mol. The van der Waals surface area contributed by atoms with Crippen molar-refractivity contribution in [1.29, 1.82) is 0 Å². The zero-order chi connectivity index (χ0) is 20.6. The molecule has 0 N–H and O–H groups in total. The van der Waals surface area contributed by atoms with Crippen LogP contribution in [0.3, 0.4) is 0 Å². The summed E-state index contributed by atoms with van der Waals surface area (Å²) in [6, 6.07) is 16.6. The lowest BCUT2D eigenvalue weighted by Crippen LogP contribution is -2.29. The number of rotatable bonds is 3. The van der Waals surface area contributed by atoms with Gasteiger partial charge in [-0.2, -0.15) is 5.10 Å². The van der Waals surface area contributed by atoms with Gasteiger partial charge in [0, 0.05) is 10.6 Å². The molecule has 148 valence electrons. The maximum atomic E-state index is 12.4. The van der Waals surface area contributed by atoms with E-state index in [0.717, 1.165) is 34.8 Å². The number of nitrogens with zero attached hydrogens (tertiary/aromatic N) is 3. The van der Waals surface area contributed by atoms with Crippen molar-refractivity contribution in [2.75, 3.05) is 0 Å². The Kier molecular flexibility index (Phi) is 5.01. The van der Waals surface area contributed by atoms with E-state index in [1.807, 2.05) is 41.9 Å². The lowest BCUT2D eigenvalue weighted by Gasteiger charge is -2.30. The van der Waals surface area contributed by atoms with Crippen molar-refractivity contribution < 1.29 is 9.63 Å². The van der Waals surface area contributed by atoms with Crippen LogP contribution in [0.4, 0.5) is 0 Å². The lowest BCUT2D eigenvalue weighted by atomic mass is 9.75.